The molecule has 0 unspecified atom stereocenters. The van der Waals surface area contributed by atoms with Crippen LogP contribution in [0.25, 0.3) is 0 Å². The molecule has 0 aliphatic carbocycles. The maximum Gasteiger partial charge on any atom is 0.294 e. The van der Waals surface area contributed by atoms with Gasteiger partial charge in [0, 0.05) is 42.4 Å². The summed E-state index contributed by atoms with van der Waals surface area (Å²) in [6.45, 7) is 2.78. The molecular weight excluding hydrogens is 416 g/mol. The molecule has 27 heavy (non-hydrogen) atoms. The number of hydrogen-bond acceptors (Lipinski definition) is 6. The number of ether oxygens (including phenoxy) is 1. The molecular formula is C18H19BrN4O4. The predicted octanol–water partition coefficient (Wildman–Crippen LogP) is 2.78. The zero-order valence-corrected chi connectivity index (χ0v) is 16.1. The molecule has 0 bridgehead atoms. The Balaban J connectivity index is 1.65. The Bertz CT molecular complexity index is 823. The fraction of sp³-hybridized carbons (Fsp3) is 0.278. The number of nitro groups is 1. The molecule has 0 spiro atoms. The molecule has 1 amide bonds. The van der Waals surface area contributed by atoms with E-state index in [1.807, 2.05) is 17.0 Å². The molecule has 3 rings (SSSR count). The second-order valence-corrected chi connectivity index (χ2v) is 6.90. The van der Waals surface area contributed by atoms with Gasteiger partial charge in [-0.05, 0) is 36.4 Å². The van der Waals surface area contributed by atoms with Crippen molar-refractivity contribution < 1.29 is 14.5 Å². The molecule has 2 aromatic rings. The van der Waals surface area contributed by atoms with Crippen LogP contribution in [0.15, 0.2) is 46.9 Å². The molecule has 8 nitrogen and oxygen atoms in total. The lowest BCUT2D eigenvalue weighted by molar-refractivity contribution is -0.384. The summed E-state index contributed by atoms with van der Waals surface area (Å²) in [6.07, 6.45) is 0. The zero-order chi connectivity index (χ0) is 19.2. The lowest BCUT2D eigenvalue weighted by atomic mass is 10.2. The fourth-order valence-corrected chi connectivity index (χ4v) is 3.06. The summed E-state index contributed by atoms with van der Waals surface area (Å²) in [4.78, 5) is 25.1. The highest BCUT2D eigenvalue weighted by molar-refractivity contribution is 9.10. The summed E-state index contributed by atoms with van der Waals surface area (Å²) in [5, 5.41) is 17.3. The number of carbonyl (C=O) groups is 1. The van der Waals surface area contributed by atoms with Crippen molar-refractivity contribution in [1.82, 2.24) is 5.32 Å². The number of amides is 1. The van der Waals surface area contributed by atoms with Crippen molar-refractivity contribution in [3.05, 3.63) is 57.1 Å². The third-order valence-corrected chi connectivity index (χ3v) is 4.63. The summed E-state index contributed by atoms with van der Waals surface area (Å²) >= 11 is 3.33. The lowest BCUT2D eigenvalue weighted by Crippen LogP contribution is -2.43. The summed E-state index contributed by atoms with van der Waals surface area (Å²) in [5.74, 6) is 0.176. The molecule has 1 aliphatic rings. The molecule has 1 aliphatic heterocycles. The Morgan fingerprint density at radius 3 is 2.59 bits per heavy atom. The third-order valence-electron chi connectivity index (χ3n) is 4.10. The number of hydrogen-bond donors (Lipinski definition) is 2. The number of carbonyl (C=O) groups excluding carboxylic acids is 1. The first-order valence-electron chi connectivity index (χ1n) is 8.45. The van der Waals surface area contributed by atoms with Crippen LogP contribution in [0.2, 0.25) is 0 Å². The van der Waals surface area contributed by atoms with Crippen molar-refractivity contribution in [3.63, 3.8) is 0 Å². The molecule has 0 aromatic heterocycles. The molecule has 9 heteroatoms. The fourth-order valence-electron chi connectivity index (χ4n) is 2.80. The summed E-state index contributed by atoms with van der Waals surface area (Å²) in [6, 6.07) is 11.8. The number of benzene rings is 2. The number of nitrogens with zero attached hydrogens (tertiary/aromatic N) is 2. The smallest absolute Gasteiger partial charge is 0.294 e. The van der Waals surface area contributed by atoms with E-state index < -0.39 is 4.92 Å². The molecule has 1 heterocycles. The van der Waals surface area contributed by atoms with E-state index in [1.165, 1.54) is 6.07 Å². The molecule has 0 saturated carbocycles. The van der Waals surface area contributed by atoms with Crippen molar-refractivity contribution in [2.24, 2.45) is 0 Å². The largest absolute Gasteiger partial charge is 0.484 e. The number of halogens is 1. The van der Waals surface area contributed by atoms with Gasteiger partial charge in [0.25, 0.3) is 11.6 Å². The van der Waals surface area contributed by atoms with Crippen molar-refractivity contribution >= 4 is 38.9 Å². The van der Waals surface area contributed by atoms with Crippen LogP contribution in [-0.2, 0) is 4.79 Å². The highest BCUT2D eigenvalue weighted by atomic mass is 79.9. The summed E-state index contributed by atoms with van der Waals surface area (Å²) in [7, 11) is 0. The van der Waals surface area contributed by atoms with Gasteiger partial charge in [0.15, 0.2) is 6.61 Å². The Morgan fingerprint density at radius 1 is 1.22 bits per heavy atom. The maximum absolute atomic E-state index is 12.1. The second kappa shape index (κ2) is 8.83. The Morgan fingerprint density at radius 2 is 1.93 bits per heavy atom. The Labute approximate surface area is 164 Å². The van der Waals surface area contributed by atoms with E-state index in [9.17, 15) is 14.9 Å². The zero-order valence-electron chi connectivity index (χ0n) is 14.5. The van der Waals surface area contributed by atoms with Crippen molar-refractivity contribution in [2.75, 3.05) is 43.0 Å². The number of piperazine rings is 1. The Kier molecular flexibility index (Phi) is 6.25. The first kappa shape index (κ1) is 19.1. The van der Waals surface area contributed by atoms with Gasteiger partial charge in [0.2, 0.25) is 0 Å². The predicted molar refractivity (Wildman–Crippen MR) is 106 cm³/mol. The maximum atomic E-state index is 12.1. The number of nitrogens with one attached hydrogen (secondary N) is 2. The van der Waals surface area contributed by atoms with Crippen molar-refractivity contribution in [2.45, 2.75) is 0 Å². The minimum absolute atomic E-state index is 0.0245. The monoisotopic (exact) mass is 434 g/mol. The average Bonchev–Trinajstić information content (AvgIpc) is 2.68. The van der Waals surface area contributed by atoms with Crippen LogP contribution in [0.5, 0.6) is 5.75 Å². The normalized spacial score (nSPS) is 13.9. The van der Waals surface area contributed by atoms with Gasteiger partial charge in [-0.15, -0.1) is 0 Å². The van der Waals surface area contributed by atoms with Gasteiger partial charge in [-0.25, -0.2) is 0 Å². The van der Waals surface area contributed by atoms with Gasteiger partial charge >= 0.3 is 0 Å². The van der Waals surface area contributed by atoms with E-state index in [0.29, 0.717) is 30.2 Å². The first-order chi connectivity index (χ1) is 13.0. The quantitative estimate of drug-likeness (QED) is 0.535. The van der Waals surface area contributed by atoms with E-state index in [4.69, 9.17) is 4.74 Å². The van der Waals surface area contributed by atoms with Crippen LogP contribution in [-0.4, -0.2) is 43.6 Å². The van der Waals surface area contributed by atoms with Crippen LogP contribution >= 0.6 is 15.9 Å². The molecule has 142 valence electrons. The highest BCUT2D eigenvalue weighted by Gasteiger charge is 2.22. The van der Waals surface area contributed by atoms with E-state index in [2.05, 4.69) is 26.6 Å². The summed E-state index contributed by atoms with van der Waals surface area (Å²) < 4.78 is 6.32. The van der Waals surface area contributed by atoms with Crippen LogP contribution in [0, 0.1) is 10.1 Å². The molecule has 1 fully saturated rings. The van der Waals surface area contributed by atoms with Gasteiger partial charge in [-0.1, -0.05) is 15.9 Å². The average molecular weight is 435 g/mol. The van der Waals surface area contributed by atoms with Crippen LogP contribution < -0.4 is 20.3 Å². The molecule has 2 N–H and O–H groups in total. The topological polar surface area (TPSA) is 96.7 Å². The van der Waals surface area contributed by atoms with Crippen LogP contribution in [0.3, 0.4) is 0 Å². The van der Waals surface area contributed by atoms with Gasteiger partial charge in [-0.2, -0.15) is 0 Å². The molecule has 0 radical (unpaired) electrons. The lowest BCUT2D eigenvalue weighted by Gasteiger charge is -2.29. The highest BCUT2D eigenvalue weighted by Crippen LogP contribution is 2.31. The minimum atomic E-state index is -0.425. The number of anilines is 2. The Hall–Kier alpha value is -2.65. The van der Waals surface area contributed by atoms with Crippen LogP contribution in [0.4, 0.5) is 17.1 Å². The molecule has 2 aromatic carbocycles. The summed E-state index contributed by atoms with van der Waals surface area (Å²) in [5.41, 5.74) is 0.902. The SMILES string of the molecule is O=C(COc1ccc(Br)cc1)Nc1ccc(N2CCNCC2)c([N+](=O)[O-])c1. The number of nitro benzene ring substituents is 1. The van der Waals surface area contributed by atoms with Crippen LogP contribution in [0.1, 0.15) is 0 Å². The standard InChI is InChI=1S/C18H19BrN4O4/c19-13-1-4-15(5-2-13)27-12-18(24)21-14-3-6-16(17(11-14)23(25)26)22-9-7-20-8-10-22/h1-6,11,20H,7-10,12H2,(H,21,24). The van der Waals surface area contributed by atoms with Crippen molar-refractivity contribution in [1.29, 1.82) is 0 Å². The van der Waals surface area contributed by atoms with Gasteiger partial charge < -0.3 is 20.3 Å². The van der Waals surface area contributed by atoms with Gasteiger partial charge in [-0.3, -0.25) is 14.9 Å². The first-order valence-corrected chi connectivity index (χ1v) is 9.24. The third kappa shape index (κ3) is 5.18. The molecule has 0 atom stereocenters. The van der Waals surface area contributed by atoms with E-state index in [1.54, 1.807) is 24.3 Å². The van der Waals surface area contributed by atoms with Crippen molar-refractivity contribution in [3.8, 4) is 5.75 Å². The molecule has 1 saturated heterocycles. The van der Waals surface area contributed by atoms with E-state index in [0.717, 1.165) is 17.6 Å². The number of rotatable bonds is 6. The van der Waals surface area contributed by atoms with E-state index >= 15 is 0 Å². The minimum Gasteiger partial charge on any atom is -0.484 e. The van der Waals surface area contributed by atoms with E-state index in [-0.39, 0.29) is 18.2 Å². The van der Waals surface area contributed by atoms with Gasteiger partial charge in [0.05, 0.1) is 4.92 Å². The second-order valence-electron chi connectivity index (χ2n) is 5.99. The van der Waals surface area contributed by atoms with Gasteiger partial charge in [0.1, 0.15) is 11.4 Å².